The Labute approximate surface area is 108 Å². The summed E-state index contributed by atoms with van der Waals surface area (Å²) >= 11 is 7.31. The molecule has 1 aromatic heterocycles. The highest BCUT2D eigenvalue weighted by Crippen LogP contribution is 2.27. The second-order valence-corrected chi connectivity index (χ2v) is 6.01. The van der Waals surface area contributed by atoms with Crippen molar-refractivity contribution in [3.63, 3.8) is 0 Å². The molecule has 0 aliphatic rings. The van der Waals surface area contributed by atoms with Gasteiger partial charge < -0.3 is 0 Å². The molecule has 0 saturated carbocycles. The number of thiol groups is 1. The van der Waals surface area contributed by atoms with E-state index in [1.807, 2.05) is 6.08 Å². The lowest BCUT2D eigenvalue weighted by Gasteiger charge is -1.99. The molecule has 1 heterocycles. The highest BCUT2D eigenvalue weighted by atomic mass is 32.2. The van der Waals surface area contributed by atoms with Crippen molar-refractivity contribution in [2.24, 2.45) is 0 Å². The number of benzene rings is 1. The van der Waals surface area contributed by atoms with Crippen LogP contribution in [0.3, 0.4) is 0 Å². The van der Waals surface area contributed by atoms with Crippen LogP contribution < -0.4 is 0 Å². The molecular weight excluding hydrogens is 256 g/mol. The zero-order valence-corrected chi connectivity index (χ0v) is 11.0. The molecule has 0 N–H and O–H groups in total. The van der Waals surface area contributed by atoms with Gasteiger partial charge in [0.25, 0.3) is 0 Å². The van der Waals surface area contributed by atoms with Crippen LogP contribution >= 0.6 is 35.7 Å². The van der Waals surface area contributed by atoms with Crippen molar-refractivity contribution in [1.29, 1.82) is 0 Å². The molecule has 0 bridgehead atoms. The van der Waals surface area contributed by atoms with Crippen molar-refractivity contribution in [3.05, 3.63) is 42.0 Å². The summed E-state index contributed by atoms with van der Waals surface area (Å²) < 4.78 is 1.67. The van der Waals surface area contributed by atoms with E-state index in [1.54, 1.807) is 11.8 Å². The molecule has 5 heteroatoms. The average Bonchev–Trinajstić information content (AvgIpc) is 2.73. The number of hydrogen-bond acceptors (Lipinski definition) is 5. The minimum Gasteiger partial charge on any atom is -0.131 e. The third-order valence-electron chi connectivity index (χ3n) is 1.97. The second kappa shape index (κ2) is 5.52. The van der Waals surface area contributed by atoms with Gasteiger partial charge in [0.1, 0.15) is 0 Å². The van der Waals surface area contributed by atoms with Crippen molar-refractivity contribution < 1.29 is 0 Å². The van der Waals surface area contributed by atoms with Crippen LogP contribution in [-0.2, 0) is 5.75 Å². The molecule has 0 spiro atoms. The monoisotopic (exact) mass is 266 g/mol. The molecule has 0 amide bonds. The standard InChI is InChI=1S/C11H10N2S3/c1-2-8-3-5-9(6-4-8)7-15-11-13-12-10(14)16-11/h2-6H,1,7H2,(H,12,14). The summed E-state index contributed by atoms with van der Waals surface area (Å²) in [5, 5.41) is 7.86. The second-order valence-electron chi connectivity index (χ2n) is 3.08. The van der Waals surface area contributed by atoms with Crippen LogP contribution in [0.2, 0.25) is 0 Å². The first kappa shape index (κ1) is 11.7. The molecular formula is C11H10N2S3. The average molecular weight is 266 g/mol. The number of hydrogen-bond donors (Lipinski definition) is 1. The fourth-order valence-electron chi connectivity index (χ4n) is 1.16. The molecule has 0 aliphatic carbocycles. The van der Waals surface area contributed by atoms with E-state index in [0.29, 0.717) is 4.34 Å². The molecule has 82 valence electrons. The molecule has 2 aromatic rings. The largest absolute Gasteiger partial charge is 0.175 e. The Morgan fingerprint density at radius 3 is 2.62 bits per heavy atom. The van der Waals surface area contributed by atoms with E-state index in [1.165, 1.54) is 16.9 Å². The van der Waals surface area contributed by atoms with Gasteiger partial charge in [0.05, 0.1) is 0 Å². The maximum Gasteiger partial charge on any atom is 0.175 e. The molecule has 0 saturated heterocycles. The number of aromatic nitrogens is 2. The van der Waals surface area contributed by atoms with Crippen LogP contribution in [0.5, 0.6) is 0 Å². The Hall–Kier alpha value is -0.780. The first-order valence-corrected chi connectivity index (χ1v) is 6.89. The lowest BCUT2D eigenvalue weighted by atomic mass is 10.1. The van der Waals surface area contributed by atoms with Crippen LogP contribution in [0.4, 0.5) is 0 Å². The lowest BCUT2D eigenvalue weighted by Crippen LogP contribution is -1.80. The maximum absolute atomic E-state index is 4.13. The van der Waals surface area contributed by atoms with Gasteiger partial charge >= 0.3 is 0 Å². The van der Waals surface area contributed by atoms with Crippen LogP contribution in [0.25, 0.3) is 6.08 Å². The van der Waals surface area contributed by atoms with Crippen LogP contribution in [0.1, 0.15) is 11.1 Å². The molecule has 1 aromatic carbocycles. The molecule has 2 nitrogen and oxygen atoms in total. The zero-order chi connectivity index (χ0) is 11.4. The van der Waals surface area contributed by atoms with Gasteiger partial charge in [-0.05, 0) is 11.1 Å². The van der Waals surface area contributed by atoms with Crippen molar-refractivity contribution in [2.45, 2.75) is 14.4 Å². The summed E-state index contributed by atoms with van der Waals surface area (Å²) in [4.78, 5) is 0. The molecule has 0 aliphatic heterocycles. The van der Waals surface area contributed by atoms with Gasteiger partial charge in [-0.3, -0.25) is 0 Å². The van der Waals surface area contributed by atoms with Crippen molar-refractivity contribution in [1.82, 2.24) is 10.2 Å². The van der Waals surface area contributed by atoms with Crippen molar-refractivity contribution in [2.75, 3.05) is 0 Å². The first-order chi connectivity index (χ1) is 7.78. The maximum atomic E-state index is 4.13. The van der Waals surface area contributed by atoms with Crippen LogP contribution in [0, 0.1) is 0 Å². The molecule has 0 unspecified atom stereocenters. The van der Waals surface area contributed by atoms with Crippen LogP contribution in [-0.4, -0.2) is 10.2 Å². The first-order valence-electron chi connectivity index (χ1n) is 4.64. The fourth-order valence-corrected chi connectivity index (χ4v) is 3.20. The third kappa shape index (κ3) is 3.10. The third-order valence-corrected chi connectivity index (χ3v) is 4.27. The Morgan fingerprint density at radius 2 is 2.06 bits per heavy atom. The predicted molar refractivity (Wildman–Crippen MR) is 73.3 cm³/mol. The molecule has 16 heavy (non-hydrogen) atoms. The predicted octanol–water partition coefficient (Wildman–Crippen LogP) is 3.76. The minimum atomic E-state index is 0.713. The van der Waals surface area contributed by atoms with E-state index in [-0.39, 0.29) is 0 Å². The highest BCUT2D eigenvalue weighted by Gasteiger charge is 2.02. The molecule has 2 rings (SSSR count). The van der Waals surface area contributed by atoms with Gasteiger partial charge in [-0.2, -0.15) is 0 Å². The summed E-state index contributed by atoms with van der Waals surface area (Å²) in [5.74, 6) is 0.903. The quantitative estimate of drug-likeness (QED) is 0.674. The smallest absolute Gasteiger partial charge is 0.131 e. The SMILES string of the molecule is C=Cc1ccc(CSc2nnc(S)s2)cc1. The number of rotatable bonds is 4. The Bertz CT molecular complexity index is 476. The summed E-state index contributed by atoms with van der Waals surface area (Å²) in [5.41, 5.74) is 2.41. The molecule has 0 fully saturated rings. The van der Waals surface area contributed by atoms with E-state index in [2.05, 4.69) is 53.7 Å². The van der Waals surface area contributed by atoms with Crippen LogP contribution in [0.15, 0.2) is 39.5 Å². The van der Waals surface area contributed by atoms with Crippen molar-refractivity contribution >= 4 is 41.8 Å². The van der Waals surface area contributed by atoms with Gasteiger partial charge in [-0.25, -0.2) is 0 Å². The van der Waals surface area contributed by atoms with Gasteiger partial charge in [0, 0.05) is 5.75 Å². The summed E-state index contributed by atoms with van der Waals surface area (Å²) in [6.07, 6.45) is 1.84. The number of thioether (sulfide) groups is 1. The Kier molecular flexibility index (Phi) is 4.04. The topological polar surface area (TPSA) is 25.8 Å². The van der Waals surface area contributed by atoms with E-state index < -0.39 is 0 Å². The van der Waals surface area contributed by atoms with Gasteiger partial charge in [0.15, 0.2) is 8.68 Å². The fraction of sp³-hybridized carbons (Fsp3) is 0.0909. The Balaban J connectivity index is 1.96. The lowest BCUT2D eigenvalue weighted by molar-refractivity contribution is 0.957. The van der Waals surface area contributed by atoms with Crippen molar-refractivity contribution in [3.8, 4) is 0 Å². The highest BCUT2D eigenvalue weighted by molar-refractivity contribution is 8.00. The van der Waals surface area contributed by atoms with E-state index >= 15 is 0 Å². The Morgan fingerprint density at radius 1 is 1.31 bits per heavy atom. The summed E-state index contributed by atoms with van der Waals surface area (Å²) in [6.45, 7) is 3.73. The van der Waals surface area contributed by atoms with Gasteiger partial charge in [-0.15, -0.1) is 22.8 Å². The van der Waals surface area contributed by atoms with E-state index in [4.69, 9.17) is 0 Å². The summed E-state index contributed by atoms with van der Waals surface area (Å²) in [6, 6.07) is 8.33. The van der Waals surface area contributed by atoms with Gasteiger partial charge in [-0.1, -0.05) is 60.0 Å². The van der Waals surface area contributed by atoms with Gasteiger partial charge in [0.2, 0.25) is 0 Å². The molecule has 0 atom stereocenters. The minimum absolute atomic E-state index is 0.713. The van der Waals surface area contributed by atoms with E-state index in [0.717, 1.165) is 15.7 Å². The summed E-state index contributed by atoms with van der Waals surface area (Å²) in [7, 11) is 0. The zero-order valence-electron chi connectivity index (χ0n) is 8.46. The normalized spacial score (nSPS) is 10.3. The molecule has 0 radical (unpaired) electrons. The number of nitrogens with zero attached hydrogens (tertiary/aromatic N) is 2. The van der Waals surface area contributed by atoms with E-state index in [9.17, 15) is 0 Å².